The van der Waals surface area contributed by atoms with E-state index in [0.29, 0.717) is 12.2 Å². The number of likely N-dealkylation sites (tertiary alicyclic amines) is 1. The van der Waals surface area contributed by atoms with Crippen LogP contribution in [0.3, 0.4) is 0 Å². The Bertz CT molecular complexity index is 867. The van der Waals surface area contributed by atoms with Crippen molar-refractivity contribution in [3.05, 3.63) is 82.7 Å². The molecular formula is C22H21ClN2O4-2. The summed E-state index contributed by atoms with van der Waals surface area (Å²) in [4.78, 5) is 25.8. The topological polar surface area (TPSA) is 96.4 Å². The number of hydrogen-bond donors (Lipinski definition) is 0. The van der Waals surface area contributed by atoms with Gasteiger partial charge in [-0.3, -0.25) is 4.98 Å². The molecule has 1 aliphatic rings. The van der Waals surface area contributed by atoms with Crippen molar-refractivity contribution in [1.82, 2.24) is 9.88 Å². The number of pyridine rings is 1. The van der Waals surface area contributed by atoms with Crippen molar-refractivity contribution in [2.75, 3.05) is 20.1 Å². The van der Waals surface area contributed by atoms with E-state index < -0.39 is 11.9 Å². The molecule has 0 unspecified atom stereocenters. The predicted octanol–water partition coefficient (Wildman–Crippen LogP) is 1.30. The molecule has 2 heterocycles. The number of halogens is 1. The first-order chi connectivity index (χ1) is 13.9. The van der Waals surface area contributed by atoms with E-state index in [-0.39, 0.29) is 0 Å². The van der Waals surface area contributed by atoms with Crippen LogP contribution in [0.1, 0.15) is 24.1 Å². The number of rotatable bonds is 4. The number of piperidine rings is 1. The van der Waals surface area contributed by atoms with Crippen LogP contribution in [0, 0.1) is 0 Å². The summed E-state index contributed by atoms with van der Waals surface area (Å²) in [7, 11) is 2.18. The standard InChI is InChI=1S/C18H19ClN2.C4H4O4/c1-21-12-9-15(10-13-21)18(17-4-2-3-11-20-17)14-5-7-16(19)8-6-14;5-3(6)1-2-4(7)8/h2-8,11H,9-10,12-13H2,1H3;1-2H,(H,5,6)(H,7,8)/p-2/b;2-1-. The largest absolute Gasteiger partial charge is 0.545 e. The van der Waals surface area contributed by atoms with Crippen molar-refractivity contribution in [2.24, 2.45) is 0 Å². The Morgan fingerprint density at radius 1 is 1.00 bits per heavy atom. The van der Waals surface area contributed by atoms with E-state index in [4.69, 9.17) is 11.6 Å². The second-order valence-electron chi connectivity index (χ2n) is 6.48. The van der Waals surface area contributed by atoms with Gasteiger partial charge in [-0.1, -0.05) is 35.4 Å². The molecule has 1 fully saturated rings. The average molecular weight is 413 g/mol. The highest BCUT2D eigenvalue weighted by atomic mass is 35.5. The second kappa shape index (κ2) is 11.1. The predicted molar refractivity (Wildman–Crippen MR) is 108 cm³/mol. The molecule has 152 valence electrons. The normalized spacial score (nSPS) is 14.2. The van der Waals surface area contributed by atoms with Gasteiger partial charge in [0.05, 0.1) is 17.6 Å². The van der Waals surface area contributed by atoms with Crippen molar-refractivity contribution in [1.29, 1.82) is 0 Å². The molecule has 0 N–H and O–H groups in total. The SMILES string of the molecule is CN1CCC(=C(c2ccc(Cl)cc2)c2ccccn2)CC1.O=C([O-])/C=C\C(=O)[O-]. The van der Waals surface area contributed by atoms with E-state index in [1.165, 1.54) is 16.7 Å². The molecule has 0 amide bonds. The quantitative estimate of drug-likeness (QED) is 0.702. The van der Waals surface area contributed by atoms with Crippen LogP contribution in [0.15, 0.2) is 66.4 Å². The zero-order valence-corrected chi connectivity index (χ0v) is 16.8. The smallest absolute Gasteiger partial charge is 0.0707 e. The van der Waals surface area contributed by atoms with Gasteiger partial charge >= 0.3 is 0 Å². The number of carbonyl (C=O) groups excluding carboxylic acids is 2. The highest BCUT2D eigenvalue weighted by Crippen LogP contribution is 2.31. The molecule has 7 heteroatoms. The van der Waals surface area contributed by atoms with Crippen molar-refractivity contribution in [3.63, 3.8) is 0 Å². The number of aromatic nitrogens is 1. The van der Waals surface area contributed by atoms with Crippen LogP contribution >= 0.6 is 11.6 Å². The fourth-order valence-corrected chi connectivity index (χ4v) is 3.06. The lowest BCUT2D eigenvalue weighted by molar-refractivity contribution is -0.301. The highest BCUT2D eigenvalue weighted by Gasteiger charge is 2.17. The maximum atomic E-state index is 9.41. The van der Waals surface area contributed by atoms with Crippen molar-refractivity contribution < 1.29 is 19.8 Å². The number of carbonyl (C=O) groups is 2. The molecule has 1 saturated heterocycles. The summed E-state index contributed by atoms with van der Waals surface area (Å²) in [5.74, 6) is -3.09. The summed E-state index contributed by atoms with van der Waals surface area (Å²) in [6, 6.07) is 14.2. The number of benzene rings is 1. The minimum Gasteiger partial charge on any atom is -0.545 e. The number of carboxylic acid groups (broad SMARTS) is 2. The van der Waals surface area contributed by atoms with Crippen LogP contribution in [0.25, 0.3) is 5.57 Å². The third kappa shape index (κ3) is 7.52. The molecule has 1 aromatic heterocycles. The molecule has 0 aliphatic carbocycles. The van der Waals surface area contributed by atoms with E-state index in [1.807, 2.05) is 30.5 Å². The third-order valence-corrected chi connectivity index (χ3v) is 4.61. The molecule has 0 bridgehead atoms. The molecule has 0 spiro atoms. The van der Waals surface area contributed by atoms with Gasteiger partial charge in [-0.25, -0.2) is 0 Å². The Morgan fingerprint density at radius 2 is 1.59 bits per heavy atom. The van der Waals surface area contributed by atoms with Crippen LogP contribution in [0.2, 0.25) is 5.02 Å². The molecule has 2 aromatic rings. The van der Waals surface area contributed by atoms with Crippen LogP contribution < -0.4 is 10.2 Å². The lowest BCUT2D eigenvalue weighted by Gasteiger charge is -2.26. The van der Waals surface area contributed by atoms with Crippen LogP contribution in [0.5, 0.6) is 0 Å². The summed E-state index contributed by atoms with van der Waals surface area (Å²) in [6.45, 7) is 2.22. The van der Waals surface area contributed by atoms with Crippen molar-refractivity contribution in [3.8, 4) is 0 Å². The van der Waals surface area contributed by atoms with E-state index in [2.05, 4.69) is 35.1 Å². The number of aliphatic carboxylic acids is 2. The molecule has 1 aliphatic heterocycles. The summed E-state index contributed by atoms with van der Waals surface area (Å²) in [5, 5.41) is 19.6. The van der Waals surface area contributed by atoms with Gasteiger partial charge in [-0.15, -0.1) is 0 Å². The van der Waals surface area contributed by atoms with Crippen LogP contribution in [-0.2, 0) is 9.59 Å². The van der Waals surface area contributed by atoms with Crippen molar-refractivity contribution in [2.45, 2.75) is 12.8 Å². The van der Waals surface area contributed by atoms with Gasteiger partial charge in [0.1, 0.15) is 0 Å². The highest BCUT2D eigenvalue weighted by molar-refractivity contribution is 6.30. The van der Waals surface area contributed by atoms with Crippen LogP contribution in [-0.4, -0.2) is 42.0 Å². The molecule has 0 radical (unpaired) electrons. The summed E-state index contributed by atoms with van der Waals surface area (Å²) < 4.78 is 0. The molecule has 0 saturated carbocycles. The van der Waals surface area contributed by atoms with Gasteiger partial charge in [-0.05, 0) is 61.9 Å². The maximum Gasteiger partial charge on any atom is 0.0707 e. The molecule has 1 aromatic carbocycles. The Kier molecular flexibility index (Phi) is 8.58. The molecular weight excluding hydrogens is 392 g/mol. The first-order valence-corrected chi connectivity index (χ1v) is 9.42. The van der Waals surface area contributed by atoms with Crippen molar-refractivity contribution >= 4 is 29.1 Å². The zero-order valence-electron chi connectivity index (χ0n) is 16.0. The summed E-state index contributed by atoms with van der Waals surface area (Å²) >= 11 is 6.03. The van der Waals surface area contributed by atoms with E-state index >= 15 is 0 Å². The van der Waals surface area contributed by atoms with E-state index in [9.17, 15) is 19.8 Å². The van der Waals surface area contributed by atoms with Gasteiger partial charge in [0.25, 0.3) is 0 Å². The van der Waals surface area contributed by atoms with Gasteiger partial charge in [-0.2, -0.15) is 0 Å². The number of carboxylic acids is 2. The van der Waals surface area contributed by atoms with E-state index in [1.54, 1.807) is 0 Å². The number of hydrogen-bond acceptors (Lipinski definition) is 6. The first kappa shape index (κ1) is 22.3. The third-order valence-electron chi connectivity index (χ3n) is 4.35. The second-order valence-corrected chi connectivity index (χ2v) is 6.91. The fraction of sp³-hybridized carbons (Fsp3) is 0.227. The molecule has 3 rings (SSSR count). The first-order valence-electron chi connectivity index (χ1n) is 9.04. The summed E-state index contributed by atoms with van der Waals surface area (Å²) in [5.41, 5.74) is 5.03. The van der Waals surface area contributed by atoms with Gasteiger partial charge in [0.2, 0.25) is 0 Å². The molecule has 0 atom stereocenters. The monoisotopic (exact) mass is 412 g/mol. The summed E-state index contributed by atoms with van der Waals surface area (Å²) in [6.07, 6.45) is 4.83. The lowest BCUT2D eigenvalue weighted by atomic mass is 9.91. The molecule has 29 heavy (non-hydrogen) atoms. The Morgan fingerprint density at radius 3 is 2.07 bits per heavy atom. The van der Waals surface area contributed by atoms with Gasteiger partial charge in [0.15, 0.2) is 0 Å². The fourth-order valence-electron chi connectivity index (χ4n) is 2.93. The van der Waals surface area contributed by atoms with Crippen LogP contribution in [0.4, 0.5) is 0 Å². The Hall–Kier alpha value is -2.96. The molecule has 6 nitrogen and oxygen atoms in total. The Balaban J connectivity index is 0.000000321. The number of nitrogens with zero attached hydrogens (tertiary/aromatic N) is 2. The minimum absolute atomic E-state index is 0.384. The average Bonchev–Trinajstić information content (AvgIpc) is 2.71. The van der Waals surface area contributed by atoms with Gasteiger partial charge in [0, 0.05) is 29.9 Å². The van der Waals surface area contributed by atoms with E-state index in [0.717, 1.165) is 36.6 Å². The van der Waals surface area contributed by atoms with Gasteiger partial charge < -0.3 is 24.7 Å². The maximum absolute atomic E-state index is 9.41. The minimum atomic E-state index is -1.55. The lowest BCUT2D eigenvalue weighted by Crippen LogP contribution is -2.27. The Labute approximate surface area is 174 Å². The zero-order chi connectivity index (χ0) is 21.2.